The minimum absolute atomic E-state index is 0. The van der Waals surface area contributed by atoms with Crippen molar-refractivity contribution in [1.29, 1.82) is 0 Å². The molecule has 12 nitrogen and oxygen atoms in total. The SMILES string of the molecule is Brc1cccnc1.C1CCOC1.CC[C@]1(O)CC[C@@]2(C)[C@@H](CC[C@@H]3[C@@H]2CC[C@]2(C)[C@@H]([C@H](C)CCC(=O)OC)CC[C@@H]32)C1.CC[C@]1(O)CC[C@@]2(C)[C@@H](CC[C@@H]3[C@@H]2CC[C@]2(C)[C@@H]([C@H](C)CCC(O)c4cccnc4)CC[C@@H]32)C1.CC[C@]1(O)CC[C@@]2(C)[C@@H](CC[C@@H]3[C@@H]2CC[C@]2(C)[C@@H]([C@H](C)CCC=O)CC[C@@H]32)C1.CC[C@]1(O)CC[C@@]2(C)[C@@H](CC[C@@H]3[C@@H]2CC[C@]2(C)[C@@H]([C@H](C)CCCO)CC[C@@H]32)C1.CPC.CSF.[AlH3].[H-].[Li+]. The van der Waals surface area contributed by atoms with Gasteiger partial charge in [0.15, 0.2) is 17.4 Å². The van der Waals surface area contributed by atoms with Crippen LogP contribution >= 0.6 is 36.7 Å². The molecular formula is C122H211AlBrFLiN2O10PS. The summed E-state index contributed by atoms with van der Waals surface area (Å²) in [7, 11) is 2.59. The number of rotatable bonds is 21. The van der Waals surface area contributed by atoms with Gasteiger partial charge in [-0.15, -0.1) is 8.58 Å². The Morgan fingerprint density at radius 2 is 0.786 bits per heavy atom. The Morgan fingerprint density at radius 3 is 1.05 bits per heavy atom. The Balaban J connectivity index is 0.000000197. The number of pyridine rings is 2. The van der Waals surface area contributed by atoms with Crippen molar-refractivity contribution >= 4 is 66.3 Å². The molecule has 17 aliphatic rings. The van der Waals surface area contributed by atoms with Gasteiger partial charge < -0.3 is 46.3 Å². The topological polar surface area (TPSA) is 200 Å². The van der Waals surface area contributed by atoms with Crippen LogP contribution in [0.1, 0.15) is 445 Å². The summed E-state index contributed by atoms with van der Waals surface area (Å²) in [6.07, 6.45) is 69.6. The third kappa shape index (κ3) is 26.2. The van der Waals surface area contributed by atoms with Crippen LogP contribution in [0.15, 0.2) is 53.5 Å². The maximum Gasteiger partial charge on any atom is 1.00 e. The molecule has 16 aliphatic carbocycles. The van der Waals surface area contributed by atoms with Crippen molar-refractivity contribution in [3.05, 3.63) is 59.1 Å². The molecule has 1 saturated heterocycles. The van der Waals surface area contributed by atoms with Crippen molar-refractivity contribution in [3.63, 3.8) is 0 Å². The number of carbonyl (C=O) groups excluding carboxylic acids is 2. The van der Waals surface area contributed by atoms with Crippen LogP contribution in [0.2, 0.25) is 0 Å². The molecule has 1 unspecified atom stereocenters. The molecule has 0 amide bonds. The van der Waals surface area contributed by atoms with E-state index in [0.29, 0.717) is 74.1 Å². The monoisotopic (exact) mass is 2060 g/mol. The van der Waals surface area contributed by atoms with Crippen molar-refractivity contribution in [1.82, 2.24) is 9.97 Å². The van der Waals surface area contributed by atoms with Crippen molar-refractivity contribution < 1.29 is 73.9 Å². The summed E-state index contributed by atoms with van der Waals surface area (Å²) >= 11 is 3.50. The van der Waals surface area contributed by atoms with Crippen LogP contribution in [0, 0.1) is 185 Å². The minimum atomic E-state index is -0.395. The van der Waals surface area contributed by atoms with E-state index >= 15 is 0 Å². The van der Waals surface area contributed by atoms with Crippen LogP contribution in [-0.4, -0.2) is 139 Å². The Bertz CT molecular complexity index is 4040. The van der Waals surface area contributed by atoms with Crippen LogP contribution in [0.5, 0.6) is 0 Å². The normalized spacial score (nSPS) is 43.8. The van der Waals surface area contributed by atoms with E-state index in [1.807, 2.05) is 30.5 Å². The van der Waals surface area contributed by atoms with Gasteiger partial charge in [-0.25, -0.2) is 0 Å². The molecule has 19 rings (SSSR count). The van der Waals surface area contributed by atoms with Gasteiger partial charge in [0.1, 0.15) is 6.29 Å². The molecule has 798 valence electrons. The number of aliphatic hydroxyl groups excluding tert-OH is 2. The first-order chi connectivity index (χ1) is 65.6. The zero-order chi connectivity index (χ0) is 100. The van der Waals surface area contributed by atoms with E-state index in [0.717, 1.165) is 278 Å². The molecule has 0 aromatic carbocycles. The molecule has 18 heteroatoms. The number of aromatic nitrogens is 2. The largest absolute Gasteiger partial charge is 1.00 e. The van der Waals surface area contributed by atoms with Crippen molar-refractivity contribution in [2.75, 3.05) is 46.5 Å². The van der Waals surface area contributed by atoms with E-state index < -0.39 is 11.2 Å². The van der Waals surface area contributed by atoms with E-state index in [-0.39, 0.29) is 73.1 Å². The first kappa shape index (κ1) is 121. The number of hydrogen-bond donors (Lipinski definition) is 6. The standard InChI is InChI=1S/C31H49NO2.C27H46O3.C26H46O2.C26H44O2.C5H4BrN.C4H8O.C2H7P.CH3FS.Al.Li.4H/c1-5-31(34)17-16-29(3)23(19-31)9-10-24-26-12-11-25(30(26,4)15-14-27(24)29)21(2)8-13-28(33)22-7-6-18-32-20-22;1-6-27(29)16-15-25(3)19(17-27)8-9-20-22-11-10-21(18(2)7-12-24(28)30-5)26(22,4)14-13-23(20)25;2*1-5-26(28)15-14-24(3)19(17-26)8-9-20-22-11-10-21(18(2)7-6-16-27)25(22,4)13-12-23(20)24;6-5-2-1-3-7-4-5;1-2-4-5-3-1;2*1-3-2;;;;;;/h6-7,18,20-21,23-28,33-34H,5,8-17,19H2,1-4H3;18-23,29H,6-17H2,1-5H3;18-23,27-28H,5-17H2,1-4H3;16,18-23,28H,5-15,17H2,1-4H3;1-4H;1-4H2;3H,1-2H3;1H3;;;;;;/q;;;;;;;;;+1;;;;-1/t21-,23+,24+,25-,26+,27+,28?,29+,30-,31+;18-,19+,20+,21-,22+,23+,25+,26-,27+;2*18-,19+,20+,21-,22+,23+,24+,25-,26+;;;;;;;;;;/m1111........../s1. The van der Waals surface area contributed by atoms with Gasteiger partial charge in [-0.2, -0.15) is 3.89 Å². The summed E-state index contributed by atoms with van der Waals surface area (Å²) in [6, 6.07) is 7.74. The van der Waals surface area contributed by atoms with Crippen LogP contribution in [0.25, 0.3) is 0 Å². The predicted molar refractivity (Wildman–Crippen MR) is 588 cm³/mol. The second kappa shape index (κ2) is 52.4. The zero-order valence-electron chi connectivity index (χ0n) is 93.5. The van der Waals surface area contributed by atoms with Gasteiger partial charge in [0.2, 0.25) is 0 Å². The van der Waals surface area contributed by atoms with Crippen molar-refractivity contribution in [2.24, 2.45) is 185 Å². The Kier molecular flexibility index (Phi) is 45.4. The Morgan fingerprint density at radius 1 is 0.479 bits per heavy atom. The second-order valence-corrected chi connectivity index (χ2v) is 55.1. The van der Waals surface area contributed by atoms with Crippen LogP contribution < -0.4 is 18.9 Å². The number of fused-ring (bicyclic) bond motifs is 20. The summed E-state index contributed by atoms with van der Waals surface area (Å²) < 4.78 is 21.1. The number of nitrogens with zero attached hydrogens (tertiary/aromatic N) is 2. The van der Waals surface area contributed by atoms with Gasteiger partial charge in [0.25, 0.3) is 0 Å². The number of carbonyl (C=O) groups is 2. The number of aliphatic hydroxyl groups is 6. The van der Waals surface area contributed by atoms with Crippen LogP contribution in [0.4, 0.5) is 3.89 Å². The van der Waals surface area contributed by atoms with E-state index in [1.54, 1.807) is 18.6 Å². The van der Waals surface area contributed by atoms with Crippen molar-refractivity contribution in [2.45, 2.75) is 460 Å². The number of esters is 1. The minimum Gasteiger partial charge on any atom is -1.00 e. The smallest absolute Gasteiger partial charge is 1.00 e. The molecule has 1 aliphatic heterocycles. The first-order valence-electron chi connectivity index (χ1n) is 58.1. The summed E-state index contributed by atoms with van der Waals surface area (Å²) in [5, 5.41) is 64.0. The molecule has 0 spiro atoms. The maximum absolute atomic E-state index is 11.7. The van der Waals surface area contributed by atoms with Crippen LogP contribution in [-0.2, 0) is 19.1 Å². The third-order valence-electron chi connectivity index (χ3n) is 47.0. The van der Waals surface area contributed by atoms with E-state index in [2.05, 4.69) is 150 Å². The fourth-order valence-electron chi connectivity index (χ4n) is 38.5. The van der Waals surface area contributed by atoms with E-state index in [9.17, 15) is 44.1 Å². The average molecular weight is 2060 g/mol. The van der Waals surface area contributed by atoms with Gasteiger partial charge in [0.05, 0.1) is 35.6 Å². The predicted octanol–water partition coefficient (Wildman–Crippen LogP) is 27.0. The molecule has 2 aromatic rings. The molecule has 140 heavy (non-hydrogen) atoms. The molecule has 3 heterocycles. The molecule has 2 aromatic heterocycles. The number of halogens is 2. The summed E-state index contributed by atoms with van der Waals surface area (Å²) in [5.74, 6) is 19.6. The molecule has 17 fully saturated rings. The molecule has 6 N–H and O–H groups in total. The Hall–Kier alpha value is -0.520. The molecule has 0 bridgehead atoms. The average Bonchev–Trinajstić information content (AvgIpc) is 1.67. The zero-order valence-corrected chi connectivity index (χ0v) is 95.9. The molecular weight excluding hydrogens is 1850 g/mol. The molecule has 0 radical (unpaired) electrons. The first-order valence-corrected chi connectivity index (χ1v) is 62.0. The van der Waals surface area contributed by atoms with Crippen LogP contribution in [0.3, 0.4) is 0 Å². The fraction of sp³-hybridized carbons (Fsp3) is 0.902. The Labute approximate surface area is 894 Å². The summed E-state index contributed by atoms with van der Waals surface area (Å²) in [4.78, 5) is 30.6. The molecule has 37 atom stereocenters. The quantitative estimate of drug-likeness (QED) is 0.0299. The van der Waals surface area contributed by atoms with Gasteiger partial charge >= 0.3 is 24.8 Å². The number of methoxy groups -OCH3 is 1. The van der Waals surface area contributed by atoms with E-state index in [1.165, 1.54) is 212 Å². The van der Waals surface area contributed by atoms with Gasteiger partial charge in [-0.3, -0.25) is 14.8 Å². The summed E-state index contributed by atoms with van der Waals surface area (Å²) in [6.45, 7) is 46.0. The van der Waals surface area contributed by atoms with Gasteiger partial charge in [-0.05, 0) is 547 Å². The van der Waals surface area contributed by atoms with Gasteiger partial charge in [0, 0.05) is 80.3 Å². The molecule has 16 saturated carbocycles. The maximum atomic E-state index is 11.7. The fourth-order valence-corrected chi connectivity index (χ4v) is 38.8. The number of hydrogen-bond acceptors (Lipinski definition) is 13. The second-order valence-electron chi connectivity index (χ2n) is 52.8. The van der Waals surface area contributed by atoms with Crippen molar-refractivity contribution in [3.8, 4) is 0 Å². The van der Waals surface area contributed by atoms with Gasteiger partial charge in [-0.1, -0.05) is 117 Å². The number of ether oxygens (including phenoxy) is 2. The summed E-state index contributed by atoms with van der Waals surface area (Å²) in [5.41, 5.74) is 3.22. The number of aldehydes is 1. The third-order valence-corrected chi connectivity index (χ3v) is 47.4. The van der Waals surface area contributed by atoms with E-state index in [4.69, 9.17) is 9.47 Å².